The Labute approximate surface area is 156 Å². The molecule has 1 amide bonds. The van der Waals surface area contributed by atoms with Crippen LogP contribution < -0.4 is 16.6 Å². The summed E-state index contributed by atoms with van der Waals surface area (Å²) in [6, 6.07) is 14.5. The van der Waals surface area contributed by atoms with Crippen molar-refractivity contribution in [3.63, 3.8) is 0 Å². The van der Waals surface area contributed by atoms with Crippen molar-refractivity contribution in [3.05, 3.63) is 80.5 Å². The molecular formula is C21H23N3O3. The van der Waals surface area contributed by atoms with Gasteiger partial charge in [-0.1, -0.05) is 37.3 Å². The van der Waals surface area contributed by atoms with Crippen LogP contribution in [-0.4, -0.2) is 21.5 Å². The van der Waals surface area contributed by atoms with Gasteiger partial charge in [0.1, 0.15) is 0 Å². The first-order valence-electron chi connectivity index (χ1n) is 9.11. The smallest absolute Gasteiger partial charge is 0.328 e. The number of fused-ring (bicyclic) bond motifs is 1. The van der Waals surface area contributed by atoms with Crippen LogP contribution in [0.4, 0.5) is 0 Å². The topological polar surface area (TPSA) is 84.0 Å². The number of H-pyrrole nitrogens is 1. The van der Waals surface area contributed by atoms with Crippen LogP contribution in [0.15, 0.2) is 58.1 Å². The summed E-state index contributed by atoms with van der Waals surface area (Å²) >= 11 is 0. The van der Waals surface area contributed by atoms with Gasteiger partial charge in [-0.05, 0) is 43.5 Å². The van der Waals surface area contributed by atoms with Gasteiger partial charge < -0.3 is 10.3 Å². The number of nitrogens with zero attached hydrogens (tertiary/aromatic N) is 1. The summed E-state index contributed by atoms with van der Waals surface area (Å²) in [5, 5.41) is 3.27. The zero-order valence-electron chi connectivity index (χ0n) is 15.5. The molecule has 0 spiro atoms. The molecule has 6 nitrogen and oxygen atoms in total. The van der Waals surface area contributed by atoms with Gasteiger partial charge in [-0.25, -0.2) is 4.79 Å². The molecule has 1 heterocycles. The van der Waals surface area contributed by atoms with E-state index < -0.39 is 5.69 Å². The zero-order chi connectivity index (χ0) is 19.4. The van der Waals surface area contributed by atoms with E-state index in [2.05, 4.69) is 10.3 Å². The number of aryl methyl sites for hydroxylation is 1. The highest BCUT2D eigenvalue weighted by atomic mass is 16.2. The third-order valence-electron chi connectivity index (χ3n) is 4.70. The molecule has 1 atom stereocenters. The van der Waals surface area contributed by atoms with E-state index in [0.29, 0.717) is 29.4 Å². The van der Waals surface area contributed by atoms with Crippen molar-refractivity contribution in [1.82, 2.24) is 14.9 Å². The molecule has 0 bridgehead atoms. The molecule has 0 unspecified atom stereocenters. The number of amides is 1. The Morgan fingerprint density at radius 1 is 1.15 bits per heavy atom. The molecule has 0 saturated carbocycles. The van der Waals surface area contributed by atoms with Crippen LogP contribution in [0, 0.1) is 0 Å². The number of benzene rings is 2. The van der Waals surface area contributed by atoms with Gasteiger partial charge in [0.25, 0.3) is 11.5 Å². The van der Waals surface area contributed by atoms with Crippen LogP contribution in [0.1, 0.15) is 36.2 Å². The average Bonchev–Trinajstić information content (AvgIpc) is 2.68. The van der Waals surface area contributed by atoms with E-state index >= 15 is 0 Å². The first-order valence-corrected chi connectivity index (χ1v) is 9.11. The van der Waals surface area contributed by atoms with Gasteiger partial charge in [-0.2, -0.15) is 0 Å². The molecule has 27 heavy (non-hydrogen) atoms. The van der Waals surface area contributed by atoms with Gasteiger partial charge in [0.15, 0.2) is 0 Å². The lowest BCUT2D eigenvalue weighted by Crippen LogP contribution is -2.36. The minimum Gasteiger partial charge on any atom is -0.350 e. The Morgan fingerprint density at radius 2 is 1.89 bits per heavy atom. The minimum atomic E-state index is -0.470. The highest BCUT2D eigenvalue weighted by molar-refractivity contribution is 5.97. The number of carbonyl (C=O) groups is 1. The lowest BCUT2D eigenvalue weighted by Gasteiger charge is -2.12. The molecule has 2 aromatic carbocycles. The van der Waals surface area contributed by atoms with E-state index in [4.69, 9.17) is 0 Å². The standard InChI is InChI=1S/C21H23N3O3/c1-3-14(2)22-19(25)16-9-10-17-18(13-16)23-21(27)24(20(17)26)12-11-15-7-5-4-6-8-15/h4-10,13-14H,3,11-12H2,1-2H3,(H,22,25)(H,23,27)/t14-/m1/s1. The molecule has 0 aliphatic rings. The lowest BCUT2D eigenvalue weighted by atomic mass is 10.1. The molecule has 3 aromatic rings. The van der Waals surface area contributed by atoms with Crippen molar-refractivity contribution in [2.75, 3.05) is 0 Å². The molecule has 0 saturated heterocycles. The van der Waals surface area contributed by atoms with Crippen molar-refractivity contribution < 1.29 is 4.79 Å². The first kappa shape index (κ1) is 18.6. The van der Waals surface area contributed by atoms with E-state index in [1.807, 2.05) is 44.2 Å². The number of nitrogens with one attached hydrogen (secondary N) is 2. The van der Waals surface area contributed by atoms with E-state index in [1.54, 1.807) is 18.2 Å². The van der Waals surface area contributed by atoms with Crippen molar-refractivity contribution in [3.8, 4) is 0 Å². The van der Waals surface area contributed by atoms with Crippen molar-refractivity contribution >= 4 is 16.8 Å². The van der Waals surface area contributed by atoms with Crippen molar-refractivity contribution in [2.24, 2.45) is 0 Å². The maximum absolute atomic E-state index is 12.7. The summed E-state index contributed by atoms with van der Waals surface area (Å²) in [5.41, 5.74) is 1.03. The van der Waals surface area contributed by atoms with Crippen LogP contribution in [0.2, 0.25) is 0 Å². The number of aromatic amines is 1. The number of rotatable bonds is 6. The fraction of sp³-hybridized carbons (Fsp3) is 0.286. The Balaban J connectivity index is 1.91. The average molecular weight is 365 g/mol. The van der Waals surface area contributed by atoms with Gasteiger partial charge in [-0.3, -0.25) is 14.2 Å². The highest BCUT2D eigenvalue weighted by Crippen LogP contribution is 2.10. The van der Waals surface area contributed by atoms with Gasteiger partial charge in [0.2, 0.25) is 0 Å². The minimum absolute atomic E-state index is 0.0539. The van der Waals surface area contributed by atoms with E-state index in [9.17, 15) is 14.4 Å². The summed E-state index contributed by atoms with van der Waals surface area (Å²) in [6.07, 6.45) is 1.41. The van der Waals surface area contributed by atoms with E-state index in [-0.39, 0.29) is 17.5 Å². The van der Waals surface area contributed by atoms with E-state index in [1.165, 1.54) is 4.57 Å². The Hall–Kier alpha value is -3.15. The van der Waals surface area contributed by atoms with Crippen molar-refractivity contribution in [1.29, 1.82) is 0 Å². The van der Waals surface area contributed by atoms with Crippen LogP contribution >= 0.6 is 0 Å². The number of aromatic nitrogens is 2. The normalized spacial score (nSPS) is 12.1. The second-order valence-corrected chi connectivity index (χ2v) is 6.67. The first-order chi connectivity index (χ1) is 13.0. The van der Waals surface area contributed by atoms with Crippen molar-refractivity contribution in [2.45, 2.75) is 39.3 Å². The maximum atomic E-state index is 12.7. The van der Waals surface area contributed by atoms with Gasteiger partial charge >= 0.3 is 5.69 Å². The predicted octanol–water partition coefficient (Wildman–Crippen LogP) is 2.46. The quantitative estimate of drug-likeness (QED) is 0.704. The maximum Gasteiger partial charge on any atom is 0.328 e. The molecule has 0 fully saturated rings. The molecule has 6 heteroatoms. The number of hydrogen-bond donors (Lipinski definition) is 2. The second-order valence-electron chi connectivity index (χ2n) is 6.67. The monoisotopic (exact) mass is 365 g/mol. The molecule has 3 rings (SSSR count). The summed E-state index contributed by atoms with van der Waals surface area (Å²) in [4.78, 5) is 40.1. The highest BCUT2D eigenvalue weighted by Gasteiger charge is 2.12. The summed E-state index contributed by atoms with van der Waals surface area (Å²) < 4.78 is 1.20. The third kappa shape index (κ3) is 4.16. The third-order valence-corrected chi connectivity index (χ3v) is 4.70. The predicted molar refractivity (Wildman–Crippen MR) is 106 cm³/mol. The Bertz CT molecular complexity index is 1070. The SMILES string of the molecule is CC[C@@H](C)NC(=O)c1ccc2c(=O)n(CCc3ccccc3)c(=O)[nH]c2c1. The molecule has 0 aliphatic heterocycles. The van der Waals surface area contributed by atoms with Crippen LogP contribution in [0.25, 0.3) is 10.9 Å². The molecule has 140 valence electrons. The summed E-state index contributed by atoms with van der Waals surface area (Å²) in [5.74, 6) is -0.222. The van der Waals surface area contributed by atoms with Gasteiger partial charge in [0.05, 0.1) is 10.9 Å². The Kier molecular flexibility index (Phi) is 5.54. The fourth-order valence-corrected chi connectivity index (χ4v) is 2.89. The Morgan fingerprint density at radius 3 is 2.59 bits per heavy atom. The van der Waals surface area contributed by atoms with Gasteiger partial charge in [-0.15, -0.1) is 0 Å². The van der Waals surface area contributed by atoms with Gasteiger partial charge in [0, 0.05) is 18.2 Å². The second kappa shape index (κ2) is 8.03. The van der Waals surface area contributed by atoms with E-state index in [0.717, 1.165) is 12.0 Å². The van der Waals surface area contributed by atoms with Crippen LogP contribution in [0.5, 0.6) is 0 Å². The molecule has 2 N–H and O–H groups in total. The summed E-state index contributed by atoms with van der Waals surface area (Å²) in [6.45, 7) is 4.21. The summed E-state index contributed by atoms with van der Waals surface area (Å²) in [7, 11) is 0. The van der Waals surface area contributed by atoms with Crippen LogP contribution in [-0.2, 0) is 13.0 Å². The molecular weight excluding hydrogens is 342 g/mol. The van der Waals surface area contributed by atoms with Crippen LogP contribution in [0.3, 0.4) is 0 Å². The zero-order valence-corrected chi connectivity index (χ0v) is 15.5. The molecule has 1 aromatic heterocycles. The lowest BCUT2D eigenvalue weighted by molar-refractivity contribution is 0.0939. The number of hydrogen-bond acceptors (Lipinski definition) is 3. The fourth-order valence-electron chi connectivity index (χ4n) is 2.89. The number of carbonyl (C=O) groups excluding carboxylic acids is 1. The molecule has 0 radical (unpaired) electrons. The molecule has 0 aliphatic carbocycles. The largest absolute Gasteiger partial charge is 0.350 e.